The second-order valence-electron chi connectivity index (χ2n) is 3.32. The van der Waals surface area contributed by atoms with Crippen LogP contribution in [0.1, 0.15) is 12.0 Å². The molecule has 0 aliphatic heterocycles. The Balaban J connectivity index is 2.08. The second kappa shape index (κ2) is 6.16. The summed E-state index contributed by atoms with van der Waals surface area (Å²) >= 11 is 0. The number of quaternary nitrogens is 1. The van der Waals surface area contributed by atoms with E-state index in [0.717, 1.165) is 19.5 Å². The van der Waals surface area contributed by atoms with Crippen LogP contribution >= 0.6 is 0 Å². The Morgan fingerprint density at radius 3 is 2.57 bits per heavy atom. The van der Waals surface area contributed by atoms with Gasteiger partial charge in [-0.3, -0.25) is 4.79 Å². The highest BCUT2D eigenvalue weighted by Gasteiger charge is 1.96. The summed E-state index contributed by atoms with van der Waals surface area (Å²) in [6.07, 6.45) is 1.51. The van der Waals surface area contributed by atoms with Crippen LogP contribution in [-0.2, 0) is 11.2 Å². The smallest absolute Gasteiger partial charge is 0.223 e. The van der Waals surface area contributed by atoms with Crippen molar-refractivity contribution in [3.05, 3.63) is 35.9 Å². The molecule has 0 aliphatic rings. The number of hydrogen-bond acceptors (Lipinski definition) is 1. The van der Waals surface area contributed by atoms with E-state index in [9.17, 15) is 4.79 Å². The van der Waals surface area contributed by atoms with E-state index in [-0.39, 0.29) is 5.91 Å². The maximum atomic E-state index is 10.4. The second-order valence-corrected chi connectivity index (χ2v) is 3.32. The summed E-state index contributed by atoms with van der Waals surface area (Å²) < 4.78 is 0. The Morgan fingerprint density at radius 2 is 1.93 bits per heavy atom. The molecule has 0 unspecified atom stereocenters. The van der Waals surface area contributed by atoms with Crippen LogP contribution < -0.4 is 11.1 Å². The summed E-state index contributed by atoms with van der Waals surface area (Å²) in [4.78, 5) is 10.4. The third kappa shape index (κ3) is 4.62. The van der Waals surface area contributed by atoms with Crippen LogP contribution in [0.25, 0.3) is 0 Å². The highest BCUT2D eigenvalue weighted by Crippen LogP contribution is 1.96. The molecule has 3 heteroatoms. The van der Waals surface area contributed by atoms with Crippen LogP contribution in [0.5, 0.6) is 0 Å². The lowest BCUT2D eigenvalue weighted by atomic mass is 10.1. The number of nitrogens with two attached hydrogens (primary N) is 2. The van der Waals surface area contributed by atoms with Crippen molar-refractivity contribution in [1.82, 2.24) is 0 Å². The molecule has 4 N–H and O–H groups in total. The molecule has 0 heterocycles. The number of benzene rings is 1. The highest BCUT2D eigenvalue weighted by molar-refractivity contribution is 5.73. The van der Waals surface area contributed by atoms with Gasteiger partial charge in [0.05, 0.1) is 19.5 Å². The summed E-state index contributed by atoms with van der Waals surface area (Å²) in [5.41, 5.74) is 6.36. The molecule has 0 radical (unpaired) electrons. The third-order valence-corrected chi connectivity index (χ3v) is 2.07. The fraction of sp³-hybridized carbons (Fsp3) is 0.364. The molecule has 1 rings (SSSR count). The molecule has 3 nitrogen and oxygen atoms in total. The van der Waals surface area contributed by atoms with Gasteiger partial charge in [0.15, 0.2) is 0 Å². The zero-order chi connectivity index (χ0) is 10.2. The lowest BCUT2D eigenvalue weighted by Crippen LogP contribution is -2.85. The van der Waals surface area contributed by atoms with Crippen LogP contribution in [0.2, 0.25) is 0 Å². The fourth-order valence-corrected chi connectivity index (χ4v) is 1.30. The number of carbonyl (C=O) groups excluding carboxylic acids is 1. The summed E-state index contributed by atoms with van der Waals surface area (Å²) in [6, 6.07) is 10.3. The number of amides is 1. The first kappa shape index (κ1) is 10.7. The molecule has 1 aromatic rings. The Labute approximate surface area is 84.3 Å². The van der Waals surface area contributed by atoms with Crippen molar-refractivity contribution >= 4 is 5.91 Å². The van der Waals surface area contributed by atoms with Gasteiger partial charge in [0.2, 0.25) is 5.91 Å². The minimum absolute atomic E-state index is 0.221. The quantitative estimate of drug-likeness (QED) is 0.597. The van der Waals surface area contributed by atoms with Gasteiger partial charge in [0.25, 0.3) is 0 Å². The molecule has 0 aromatic heterocycles. The van der Waals surface area contributed by atoms with Crippen LogP contribution in [0.4, 0.5) is 0 Å². The average Bonchev–Trinajstić information content (AvgIpc) is 2.18. The van der Waals surface area contributed by atoms with E-state index in [4.69, 9.17) is 5.73 Å². The zero-order valence-electron chi connectivity index (χ0n) is 8.28. The van der Waals surface area contributed by atoms with Gasteiger partial charge in [-0.05, 0) is 5.56 Å². The number of primary amides is 1. The number of hydrogen-bond donors (Lipinski definition) is 2. The molecule has 1 aromatic carbocycles. The average molecular weight is 193 g/mol. The predicted octanol–water partition coefficient (Wildman–Crippen LogP) is -0.332. The van der Waals surface area contributed by atoms with E-state index >= 15 is 0 Å². The summed E-state index contributed by atoms with van der Waals surface area (Å²) in [5.74, 6) is -0.221. The molecule has 76 valence electrons. The molecular weight excluding hydrogens is 176 g/mol. The van der Waals surface area contributed by atoms with Gasteiger partial charge in [-0.2, -0.15) is 0 Å². The van der Waals surface area contributed by atoms with Crippen molar-refractivity contribution in [1.29, 1.82) is 0 Å². The van der Waals surface area contributed by atoms with Gasteiger partial charge in [0, 0.05) is 6.42 Å². The lowest BCUT2D eigenvalue weighted by molar-refractivity contribution is -0.653. The topological polar surface area (TPSA) is 59.7 Å². The number of rotatable bonds is 6. The van der Waals surface area contributed by atoms with E-state index < -0.39 is 0 Å². The first-order valence-corrected chi connectivity index (χ1v) is 4.93. The van der Waals surface area contributed by atoms with Crippen molar-refractivity contribution in [2.45, 2.75) is 12.8 Å². The molecule has 0 fully saturated rings. The van der Waals surface area contributed by atoms with Crippen molar-refractivity contribution in [2.24, 2.45) is 5.73 Å². The van der Waals surface area contributed by atoms with Gasteiger partial charge in [-0.1, -0.05) is 30.3 Å². The van der Waals surface area contributed by atoms with Gasteiger partial charge in [0.1, 0.15) is 0 Å². The minimum Gasteiger partial charge on any atom is -0.369 e. The normalized spacial score (nSPS) is 10.0. The summed E-state index contributed by atoms with van der Waals surface area (Å²) in [7, 11) is 0. The van der Waals surface area contributed by atoms with Crippen molar-refractivity contribution in [2.75, 3.05) is 13.1 Å². The van der Waals surface area contributed by atoms with Crippen LogP contribution in [0.15, 0.2) is 30.3 Å². The van der Waals surface area contributed by atoms with Crippen LogP contribution in [0.3, 0.4) is 0 Å². The predicted molar refractivity (Wildman–Crippen MR) is 55.6 cm³/mol. The van der Waals surface area contributed by atoms with E-state index in [2.05, 4.69) is 17.4 Å². The Morgan fingerprint density at radius 1 is 1.21 bits per heavy atom. The van der Waals surface area contributed by atoms with Gasteiger partial charge < -0.3 is 11.1 Å². The van der Waals surface area contributed by atoms with E-state index in [0.29, 0.717) is 6.42 Å². The maximum absolute atomic E-state index is 10.4. The highest BCUT2D eigenvalue weighted by atomic mass is 16.1. The molecule has 0 saturated carbocycles. The van der Waals surface area contributed by atoms with E-state index in [1.165, 1.54) is 5.56 Å². The molecule has 1 amide bonds. The van der Waals surface area contributed by atoms with E-state index in [1.54, 1.807) is 0 Å². The standard InChI is InChI=1S/C11H16N2O/c12-11(14)7-9-13-8-6-10-4-2-1-3-5-10/h1-5,13H,6-9H2,(H2,12,14)/p+1. The Hall–Kier alpha value is -1.35. The fourth-order valence-electron chi connectivity index (χ4n) is 1.30. The van der Waals surface area contributed by atoms with Gasteiger partial charge >= 0.3 is 0 Å². The van der Waals surface area contributed by atoms with Crippen molar-refractivity contribution in [3.63, 3.8) is 0 Å². The number of carbonyl (C=O) groups is 1. The monoisotopic (exact) mass is 193 g/mol. The maximum Gasteiger partial charge on any atom is 0.223 e. The van der Waals surface area contributed by atoms with Crippen LogP contribution in [0, 0.1) is 0 Å². The molecule has 14 heavy (non-hydrogen) atoms. The van der Waals surface area contributed by atoms with E-state index in [1.807, 2.05) is 18.2 Å². The Bertz CT molecular complexity index is 272. The minimum atomic E-state index is -0.221. The largest absolute Gasteiger partial charge is 0.369 e. The first-order chi connectivity index (χ1) is 6.79. The Kier molecular flexibility index (Phi) is 4.72. The summed E-state index contributed by atoms with van der Waals surface area (Å²) in [6.45, 7) is 1.81. The lowest BCUT2D eigenvalue weighted by Gasteiger charge is -2.00. The van der Waals surface area contributed by atoms with Crippen molar-refractivity contribution in [3.8, 4) is 0 Å². The van der Waals surface area contributed by atoms with Gasteiger partial charge in [-0.25, -0.2) is 0 Å². The molecule has 0 bridgehead atoms. The van der Waals surface area contributed by atoms with Crippen molar-refractivity contribution < 1.29 is 10.1 Å². The first-order valence-electron chi connectivity index (χ1n) is 4.93. The molecular formula is C11H17N2O+. The van der Waals surface area contributed by atoms with Crippen LogP contribution in [-0.4, -0.2) is 19.0 Å². The summed E-state index contributed by atoms with van der Waals surface area (Å²) in [5, 5.41) is 2.12. The SMILES string of the molecule is NC(=O)CC[NH2+]CCc1ccccc1. The third-order valence-electron chi connectivity index (χ3n) is 2.07. The molecule has 0 atom stereocenters. The molecule has 0 saturated heterocycles. The van der Waals surface area contributed by atoms with Gasteiger partial charge in [-0.15, -0.1) is 0 Å². The molecule has 0 aliphatic carbocycles. The zero-order valence-corrected chi connectivity index (χ0v) is 8.28. The molecule has 0 spiro atoms.